The van der Waals surface area contributed by atoms with Gasteiger partial charge >= 0.3 is 0 Å². The Morgan fingerprint density at radius 2 is 1.70 bits per heavy atom. The van der Waals surface area contributed by atoms with Gasteiger partial charge in [0.2, 0.25) is 0 Å². The smallest absolute Gasteiger partial charge is 0.137 e. The van der Waals surface area contributed by atoms with Gasteiger partial charge in [0.15, 0.2) is 0 Å². The van der Waals surface area contributed by atoms with Gasteiger partial charge in [-0.15, -0.1) is 0 Å². The molecule has 1 atom stereocenters. The molecule has 3 nitrogen and oxygen atoms in total. The zero-order chi connectivity index (χ0) is 14.5. The van der Waals surface area contributed by atoms with Gasteiger partial charge in [-0.2, -0.15) is 0 Å². The lowest BCUT2D eigenvalue weighted by Gasteiger charge is -2.20. The highest BCUT2D eigenvalue weighted by atomic mass is 35.5. The Bertz CT molecular complexity index is 586. The fourth-order valence-electron chi connectivity index (χ4n) is 2.26. The first-order chi connectivity index (χ1) is 9.71. The molecule has 0 fully saturated rings. The molecule has 0 saturated carbocycles. The predicted octanol–water partition coefficient (Wildman–Crippen LogP) is 3.67. The average Bonchev–Trinajstić information content (AvgIpc) is 2.50. The second-order valence-electron chi connectivity index (χ2n) is 4.36. The van der Waals surface area contributed by atoms with E-state index in [0.717, 1.165) is 16.9 Å². The number of benzene rings is 2. The number of nitrogens with one attached hydrogen (secondary N) is 1. The molecule has 2 rings (SSSR count). The van der Waals surface area contributed by atoms with Crippen LogP contribution >= 0.6 is 11.6 Å². The first-order valence-electron chi connectivity index (χ1n) is 6.35. The van der Waals surface area contributed by atoms with Crippen LogP contribution in [0.5, 0.6) is 11.5 Å². The van der Waals surface area contributed by atoms with Crippen molar-refractivity contribution in [1.29, 1.82) is 0 Å². The number of methoxy groups -OCH3 is 2. The van der Waals surface area contributed by atoms with Gasteiger partial charge in [-0.3, -0.25) is 0 Å². The summed E-state index contributed by atoms with van der Waals surface area (Å²) in [5.74, 6) is 1.51. The third-order valence-corrected chi connectivity index (χ3v) is 3.56. The molecule has 0 aliphatic rings. The normalized spacial score (nSPS) is 12.0. The van der Waals surface area contributed by atoms with Gasteiger partial charge in [0, 0.05) is 5.56 Å². The van der Waals surface area contributed by atoms with E-state index in [1.165, 1.54) is 0 Å². The molecule has 0 radical (unpaired) electrons. The minimum Gasteiger partial charge on any atom is -0.496 e. The van der Waals surface area contributed by atoms with Gasteiger partial charge in [-0.1, -0.05) is 35.9 Å². The Kier molecular flexibility index (Phi) is 4.88. The topological polar surface area (TPSA) is 30.5 Å². The van der Waals surface area contributed by atoms with Gasteiger partial charge in [0.05, 0.1) is 25.3 Å². The minimum absolute atomic E-state index is 0.0114. The Hall–Kier alpha value is -1.71. The minimum atomic E-state index is 0.0114. The zero-order valence-electron chi connectivity index (χ0n) is 11.8. The summed E-state index contributed by atoms with van der Waals surface area (Å²) in [5, 5.41) is 3.90. The summed E-state index contributed by atoms with van der Waals surface area (Å²) in [6.07, 6.45) is 0. The molecule has 0 amide bonds. The Labute approximate surface area is 124 Å². The average molecular weight is 292 g/mol. The molecule has 1 N–H and O–H groups in total. The highest BCUT2D eigenvalue weighted by Gasteiger charge is 2.17. The van der Waals surface area contributed by atoms with Crippen molar-refractivity contribution in [2.75, 3.05) is 21.3 Å². The van der Waals surface area contributed by atoms with E-state index in [4.69, 9.17) is 21.1 Å². The molecule has 106 valence electrons. The number of ether oxygens (including phenoxy) is 2. The Balaban J connectivity index is 2.47. The van der Waals surface area contributed by atoms with Gasteiger partial charge in [-0.25, -0.2) is 0 Å². The molecule has 20 heavy (non-hydrogen) atoms. The molecule has 0 bridgehead atoms. The summed E-state index contributed by atoms with van der Waals surface area (Å²) in [5.41, 5.74) is 2.14. The quantitative estimate of drug-likeness (QED) is 0.912. The fourth-order valence-corrected chi connectivity index (χ4v) is 2.46. The molecule has 0 aliphatic heterocycles. The number of para-hydroxylation sites is 1. The van der Waals surface area contributed by atoms with Gasteiger partial charge in [-0.05, 0) is 30.8 Å². The van der Waals surface area contributed by atoms with E-state index in [2.05, 4.69) is 5.32 Å². The monoisotopic (exact) mass is 291 g/mol. The largest absolute Gasteiger partial charge is 0.496 e. The molecular weight excluding hydrogens is 274 g/mol. The maximum atomic E-state index is 6.08. The van der Waals surface area contributed by atoms with Crippen LogP contribution in [0.1, 0.15) is 17.2 Å². The predicted molar refractivity (Wildman–Crippen MR) is 81.9 cm³/mol. The van der Waals surface area contributed by atoms with Gasteiger partial charge in [0.25, 0.3) is 0 Å². The van der Waals surface area contributed by atoms with Gasteiger partial charge in [0.1, 0.15) is 11.5 Å². The van der Waals surface area contributed by atoms with E-state index in [0.29, 0.717) is 10.8 Å². The maximum Gasteiger partial charge on any atom is 0.137 e. The molecule has 2 aromatic carbocycles. The van der Waals surface area contributed by atoms with E-state index in [9.17, 15) is 0 Å². The van der Waals surface area contributed by atoms with E-state index >= 15 is 0 Å². The molecule has 0 aromatic heterocycles. The maximum absolute atomic E-state index is 6.08. The standard InChI is InChI=1S/C16H18ClNO2/c1-18-16(12-6-4-5-7-14(12)19-2)11-8-9-13(17)15(10-11)20-3/h4-10,16,18H,1-3H3. The van der Waals surface area contributed by atoms with Crippen LogP contribution < -0.4 is 14.8 Å². The molecule has 1 unspecified atom stereocenters. The van der Waals surface area contributed by atoms with Crippen LogP contribution in [-0.2, 0) is 0 Å². The van der Waals surface area contributed by atoms with Crippen LogP contribution in [0.15, 0.2) is 42.5 Å². The number of halogens is 1. The third kappa shape index (κ3) is 2.89. The number of hydrogen-bond donors (Lipinski definition) is 1. The van der Waals surface area contributed by atoms with Crippen LogP contribution in [0.25, 0.3) is 0 Å². The van der Waals surface area contributed by atoms with Crippen molar-refractivity contribution in [3.8, 4) is 11.5 Å². The summed E-state index contributed by atoms with van der Waals surface area (Å²) in [7, 11) is 5.20. The first kappa shape index (κ1) is 14.7. The fraction of sp³-hybridized carbons (Fsp3) is 0.250. The second-order valence-corrected chi connectivity index (χ2v) is 4.76. The summed E-state index contributed by atoms with van der Waals surface area (Å²) < 4.78 is 10.7. The van der Waals surface area contributed by atoms with Crippen LogP contribution in [0.2, 0.25) is 5.02 Å². The highest BCUT2D eigenvalue weighted by molar-refractivity contribution is 6.32. The lowest BCUT2D eigenvalue weighted by Crippen LogP contribution is -2.18. The van der Waals surface area contributed by atoms with E-state index in [-0.39, 0.29) is 6.04 Å². The molecular formula is C16H18ClNO2. The van der Waals surface area contributed by atoms with Crippen molar-refractivity contribution in [1.82, 2.24) is 5.32 Å². The van der Waals surface area contributed by atoms with E-state index < -0.39 is 0 Å². The van der Waals surface area contributed by atoms with Crippen molar-refractivity contribution in [3.63, 3.8) is 0 Å². The summed E-state index contributed by atoms with van der Waals surface area (Å²) in [6.45, 7) is 0. The highest BCUT2D eigenvalue weighted by Crippen LogP contribution is 2.33. The van der Waals surface area contributed by atoms with Crippen molar-refractivity contribution >= 4 is 11.6 Å². The molecule has 0 heterocycles. The second kappa shape index (κ2) is 6.64. The molecule has 0 spiro atoms. The van der Waals surface area contributed by atoms with Crippen molar-refractivity contribution in [2.24, 2.45) is 0 Å². The first-order valence-corrected chi connectivity index (χ1v) is 6.72. The Morgan fingerprint density at radius 1 is 1.00 bits per heavy atom. The van der Waals surface area contributed by atoms with Crippen molar-refractivity contribution < 1.29 is 9.47 Å². The Morgan fingerprint density at radius 3 is 2.35 bits per heavy atom. The lowest BCUT2D eigenvalue weighted by atomic mass is 9.98. The van der Waals surface area contributed by atoms with Crippen LogP contribution in [0.3, 0.4) is 0 Å². The number of hydrogen-bond acceptors (Lipinski definition) is 3. The van der Waals surface area contributed by atoms with Crippen molar-refractivity contribution in [3.05, 3.63) is 58.6 Å². The van der Waals surface area contributed by atoms with Crippen LogP contribution in [0.4, 0.5) is 0 Å². The summed E-state index contributed by atoms with van der Waals surface area (Å²) >= 11 is 6.08. The van der Waals surface area contributed by atoms with Gasteiger partial charge < -0.3 is 14.8 Å². The molecule has 2 aromatic rings. The van der Waals surface area contributed by atoms with Crippen LogP contribution in [0, 0.1) is 0 Å². The summed E-state index contributed by atoms with van der Waals surface area (Å²) in [6, 6.07) is 13.7. The summed E-state index contributed by atoms with van der Waals surface area (Å²) in [4.78, 5) is 0. The van der Waals surface area contributed by atoms with E-state index in [1.807, 2.05) is 49.5 Å². The zero-order valence-corrected chi connectivity index (χ0v) is 12.6. The molecule has 0 saturated heterocycles. The lowest BCUT2D eigenvalue weighted by molar-refractivity contribution is 0.404. The molecule has 0 aliphatic carbocycles. The van der Waals surface area contributed by atoms with Crippen molar-refractivity contribution in [2.45, 2.75) is 6.04 Å². The third-order valence-electron chi connectivity index (χ3n) is 3.25. The molecule has 4 heteroatoms. The van der Waals surface area contributed by atoms with E-state index in [1.54, 1.807) is 14.2 Å². The number of rotatable bonds is 5. The van der Waals surface area contributed by atoms with Crippen LogP contribution in [-0.4, -0.2) is 21.3 Å². The SMILES string of the molecule is CNC(c1ccc(Cl)c(OC)c1)c1ccccc1OC.